The first kappa shape index (κ1) is 22.4. The summed E-state index contributed by atoms with van der Waals surface area (Å²) in [4.78, 5) is 16.5. The van der Waals surface area contributed by atoms with Crippen LogP contribution in [0.15, 0.2) is 47.1 Å². The van der Waals surface area contributed by atoms with Crippen molar-refractivity contribution in [2.24, 2.45) is 0 Å². The second kappa shape index (κ2) is 8.83. The minimum absolute atomic E-state index is 0.0140. The number of carbonyl (C=O) groups excluding carboxylic acids is 1. The Balaban J connectivity index is 1.87. The van der Waals surface area contributed by atoms with E-state index in [0.29, 0.717) is 0 Å². The predicted molar refractivity (Wildman–Crippen MR) is 120 cm³/mol. The van der Waals surface area contributed by atoms with Crippen molar-refractivity contribution in [1.82, 2.24) is 13.9 Å². The number of para-hydroxylation sites is 1. The molecule has 0 saturated carbocycles. The van der Waals surface area contributed by atoms with Crippen molar-refractivity contribution in [3.05, 3.63) is 58.9 Å². The van der Waals surface area contributed by atoms with Crippen molar-refractivity contribution < 1.29 is 13.2 Å². The minimum atomic E-state index is -3.65. The standard InChI is InChI=1S/C21H21N5O3S2/c1-13(2)31(28,29)21-24-20(30-25-21)23-19(27)17(12-22)11-16-10-14(3)26(15(16)4)18-8-6-5-7-9-18/h5-11,13H,1-4H3,(H,23,24,25,27)/b17-11-. The number of nitrogens with zero attached hydrogens (tertiary/aromatic N) is 4. The summed E-state index contributed by atoms with van der Waals surface area (Å²) >= 11 is 0.750. The first-order chi connectivity index (χ1) is 14.6. The van der Waals surface area contributed by atoms with Crippen molar-refractivity contribution in [3.63, 3.8) is 0 Å². The van der Waals surface area contributed by atoms with Gasteiger partial charge in [-0.2, -0.15) is 14.6 Å². The number of amides is 1. The molecule has 1 aromatic carbocycles. The number of rotatable bonds is 6. The fourth-order valence-corrected chi connectivity index (χ4v) is 4.66. The molecule has 2 heterocycles. The van der Waals surface area contributed by atoms with Crippen molar-refractivity contribution in [2.75, 3.05) is 5.32 Å². The van der Waals surface area contributed by atoms with E-state index in [1.807, 2.05) is 60.9 Å². The van der Waals surface area contributed by atoms with E-state index in [1.54, 1.807) is 0 Å². The molecule has 3 rings (SSSR count). The second-order valence-electron chi connectivity index (χ2n) is 7.10. The molecule has 160 valence electrons. The molecule has 8 nitrogen and oxygen atoms in total. The maximum absolute atomic E-state index is 12.6. The molecule has 0 radical (unpaired) electrons. The number of sulfone groups is 1. The molecule has 0 aliphatic rings. The number of hydrogen-bond acceptors (Lipinski definition) is 7. The summed E-state index contributed by atoms with van der Waals surface area (Å²) in [5.74, 6) is -0.684. The van der Waals surface area contributed by atoms with Gasteiger partial charge in [0.05, 0.1) is 5.25 Å². The first-order valence-corrected chi connectivity index (χ1v) is 11.7. The molecule has 0 unspecified atom stereocenters. The van der Waals surface area contributed by atoms with E-state index >= 15 is 0 Å². The lowest BCUT2D eigenvalue weighted by atomic mass is 10.1. The highest BCUT2D eigenvalue weighted by Crippen LogP contribution is 2.24. The van der Waals surface area contributed by atoms with Gasteiger partial charge in [0, 0.05) is 28.6 Å². The minimum Gasteiger partial charge on any atom is -0.318 e. The molecule has 1 N–H and O–H groups in total. The number of nitrogens with one attached hydrogen (secondary N) is 1. The summed E-state index contributed by atoms with van der Waals surface area (Å²) in [5.41, 5.74) is 3.42. The molecular formula is C21H21N5O3S2. The van der Waals surface area contributed by atoms with E-state index < -0.39 is 21.0 Å². The lowest BCUT2D eigenvalue weighted by Gasteiger charge is -2.09. The molecule has 0 bridgehead atoms. The molecule has 31 heavy (non-hydrogen) atoms. The molecule has 0 spiro atoms. The van der Waals surface area contributed by atoms with Crippen molar-refractivity contribution in [2.45, 2.75) is 38.1 Å². The molecule has 0 aliphatic carbocycles. The summed E-state index contributed by atoms with van der Waals surface area (Å²) in [6.45, 7) is 6.90. The number of anilines is 1. The normalized spacial score (nSPS) is 12.1. The van der Waals surface area contributed by atoms with Crippen molar-refractivity contribution in [3.8, 4) is 11.8 Å². The van der Waals surface area contributed by atoms with Gasteiger partial charge in [-0.05, 0) is 57.5 Å². The zero-order chi connectivity index (χ0) is 22.8. The third-order valence-corrected chi connectivity index (χ3v) is 7.33. The zero-order valence-corrected chi connectivity index (χ0v) is 19.1. The third-order valence-electron chi connectivity index (χ3n) is 4.65. The van der Waals surface area contributed by atoms with Crippen LogP contribution in [0.2, 0.25) is 0 Å². The van der Waals surface area contributed by atoms with Crippen LogP contribution in [0.4, 0.5) is 5.13 Å². The average molecular weight is 456 g/mol. The molecule has 0 fully saturated rings. The molecule has 0 saturated heterocycles. The summed E-state index contributed by atoms with van der Waals surface area (Å²) in [6, 6.07) is 13.6. The van der Waals surface area contributed by atoms with Gasteiger partial charge in [0.15, 0.2) is 0 Å². The van der Waals surface area contributed by atoms with Gasteiger partial charge < -0.3 is 4.57 Å². The molecule has 0 aliphatic heterocycles. The maximum Gasteiger partial charge on any atom is 0.268 e. The predicted octanol–water partition coefficient (Wildman–Crippen LogP) is 3.67. The van der Waals surface area contributed by atoms with Crippen LogP contribution in [0.5, 0.6) is 0 Å². The summed E-state index contributed by atoms with van der Waals surface area (Å²) in [6.07, 6.45) is 1.50. The van der Waals surface area contributed by atoms with Crippen LogP contribution < -0.4 is 5.32 Å². The van der Waals surface area contributed by atoms with Crippen LogP contribution in [0.25, 0.3) is 11.8 Å². The number of benzene rings is 1. The molecule has 10 heteroatoms. The highest BCUT2D eigenvalue weighted by Gasteiger charge is 2.25. The van der Waals surface area contributed by atoms with Gasteiger partial charge >= 0.3 is 0 Å². The topological polar surface area (TPSA) is 118 Å². The van der Waals surface area contributed by atoms with Gasteiger partial charge in [0.2, 0.25) is 15.0 Å². The van der Waals surface area contributed by atoms with E-state index in [4.69, 9.17) is 0 Å². The van der Waals surface area contributed by atoms with Gasteiger partial charge in [-0.25, -0.2) is 8.42 Å². The van der Waals surface area contributed by atoms with Gasteiger partial charge in [-0.3, -0.25) is 10.1 Å². The lowest BCUT2D eigenvalue weighted by Crippen LogP contribution is -2.16. The Morgan fingerprint density at radius 1 is 1.26 bits per heavy atom. The highest BCUT2D eigenvalue weighted by atomic mass is 32.2. The third kappa shape index (κ3) is 4.57. The Labute approximate surface area is 185 Å². The number of hydrogen-bond donors (Lipinski definition) is 1. The highest BCUT2D eigenvalue weighted by molar-refractivity contribution is 7.91. The summed E-state index contributed by atoms with van der Waals surface area (Å²) < 4.78 is 30.2. The van der Waals surface area contributed by atoms with E-state index in [-0.39, 0.29) is 15.9 Å². The SMILES string of the molecule is Cc1cc(/C=C(/C#N)C(=O)Nc2nc(S(=O)(=O)C(C)C)ns2)c(C)n1-c1ccccc1. The van der Waals surface area contributed by atoms with Crippen LogP contribution in [0.1, 0.15) is 30.8 Å². The fourth-order valence-electron chi connectivity index (χ4n) is 2.96. The number of aryl methyl sites for hydroxylation is 1. The van der Waals surface area contributed by atoms with Gasteiger partial charge in [0.1, 0.15) is 11.6 Å². The lowest BCUT2D eigenvalue weighted by molar-refractivity contribution is -0.112. The van der Waals surface area contributed by atoms with E-state index in [2.05, 4.69) is 14.7 Å². The molecule has 0 atom stereocenters. The van der Waals surface area contributed by atoms with Gasteiger partial charge in [0.25, 0.3) is 11.1 Å². The second-order valence-corrected chi connectivity index (χ2v) is 10.2. The van der Waals surface area contributed by atoms with E-state index in [9.17, 15) is 18.5 Å². The molecule has 3 aromatic rings. The largest absolute Gasteiger partial charge is 0.318 e. The van der Waals surface area contributed by atoms with Crippen LogP contribution in [0.3, 0.4) is 0 Å². The van der Waals surface area contributed by atoms with Crippen LogP contribution in [-0.2, 0) is 14.6 Å². The fraction of sp³-hybridized carbons (Fsp3) is 0.238. The molecule has 2 aromatic heterocycles. The average Bonchev–Trinajstić information content (AvgIpc) is 3.31. The van der Waals surface area contributed by atoms with E-state index in [0.717, 1.165) is 34.2 Å². The maximum atomic E-state index is 12.6. The Hall–Kier alpha value is -3.29. The van der Waals surface area contributed by atoms with Crippen LogP contribution in [-0.4, -0.2) is 33.5 Å². The van der Waals surface area contributed by atoms with Crippen LogP contribution in [0, 0.1) is 25.2 Å². The van der Waals surface area contributed by atoms with Crippen molar-refractivity contribution >= 4 is 38.5 Å². The monoisotopic (exact) mass is 455 g/mol. The Morgan fingerprint density at radius 3 is 2.55 bits per heavy atom. The van der Waals surface area contributed by atoms with E-state index in [1.165, 1.54) is 19.9 Å². The van der Waals surface area contributed by atoms with Gasteiger partial charge in [-0.1, -0.05) is 18.2 Å². The Bertz CT molecular complexity index is 1300. The molecule has 1 amide bonds. The molecular weight excluding hydrogens is 434 g/mol. The Kier molecular flexibility index (Phi) is 6.38. The number of aromatic nitrogens is 3. The van der Waals surface area contributed by atoms with Gasteiger partial charge in [-0.15, -0.1) is 0 Å². The number of carbonyl (C=O) groups is 1. The summed E-state index contributed by atoms with van der Waals surface area (Å²) in [5, 5.41) is 11.0. The smallest absolute Gasteiger partial charge is 0.268 e. The van der Waals surface area contributed by atoms with Crippen molar-refractivity contribution in [1.29, 1.82) is 5.26 Å². The first-order valence-electron chi connectivity index (χ1n) is 9.40. The number of nitriles is 1. The zero-order valence-electron chi connectivity index (χ0n) is 17.4. The quantitative estimate of drug-likeness (QED) is 0.447. The summed E-state index contributed by atoms with van der Waals surface area (Å²) in [7, 11) is -3.65. The Morgan fingerprint density at radius 2 is 1.94 bits per heavy atom. The van der Waals surface area contributed by atoms with Crippen LogP contribution >= 0.6 is 11.5 Å².